The molecule has 8 aromatic carbocycles. The molecule has 244 valence electrons. The second-order valence-electron chi connectivity index (χ2n) is 13.6. The zero-order valence-corrected chi connectivity index (χ0v) is 29.0. The van der Waals surface area contributed by atoms with E-state index in [1.54, 1.807) is 0 Å². The lowest BCUT2D eigenvalue weighted by molar-refractivity contribution is 0.437. The van der Waals surface area contributed by atoms with E-state index in [9.17, 15) is 0 Å². The molecule has 2 aliphatic rings. The minimum atomic E-state index is -0.550. The number of hydrogen-bond acceptors (Lipinski definition) is 3. The largest absolute Gasteiger partial charge is 0.454 e. The Labute approximate surface area is 306 Å². The van der Waals surface area contributed by atoms with Gasteiger partial charge in [0.15, 0.2) is 5.75 Å². The maximum absolute atomic E-state index is 7.21. The molecule has 0 radical (unpaired) electrons. The highest BCUT2D eigenvalue weighted by molar-refractivity contribution is 7.26. The Hall–Kier alpha value is -6.42. The molecule has 0 N–H and O–H groups in total. The SMILES string of the molecule is c1ccc(-c2cccc(N(c3cccc4c3Oc3ccccc3C43c4ccccc4-c4ccccc43)c3cccc4sc5ccccc5c34)c2)cc1. The molecule has 1 aliphatic heterocycles. The third-order valence-corrected chi connectivity index (χ3v) is 12.1. The molecule has 0 amide bonds. The van der Waals surface area contributed by atoms with E-state index in [-0.39, 0.29) is 0 Å². The third-order valence-electron chi connectivity index (χ3n) is 10.9. The van der Waals surface area contributed by atoms with Crippen molar-refractivity contribution in [3.63, 3.8) is 0 Å². The highest BCUT2D eigenvalue weighted by atomic mass is 32.1. The summed E-state index contributed by atoms with van der Waals surface area (Å²) in [6.45, 7) is 0. The van der Waals surface area contributed by atoms with Crippen molar-refractivity contribution in [3.05, 3.63) is 210 Å². The van der Waals surface area contributed by atoms with Gasteiger partial charge in [-0.15, -0.1) is 11.3 Å². The van der Waals surface area contributed by atoms with Gasteiger partial charge < -0.3 is 9.64 Å². The van der Waals surface area contributed by atoms with Gasteiger partial charge in [-0.3, -0.25) is 0 Å². The zero-order chi connectivity index (χ0) is 34.2. The summed E-state index contributed by atoms with van der Waals surface area (Å²) in [5, 5.41) is 2.50. The Morgan fingerprint density at radius 2 is 1.04 bits per heavy atom. The maximum Gasteiger partial charge on any atom is 0.156 e. The Morgan fingerprint density at radius 3 is 1.87 bits per heavy atom. The zero-order valence-electron chi connectivity index (χ0n) is 28.2. The van der Waals surface area contributed by atoms with E-state index in [1.165, 1.54) is 53.6 Å². The molecule has 3 heteroatoms. The van der Waals surface area contributed by atoms with Crippen LogP contribution in [0, 0.1) is 0 Å². The van der Waals surface area contributed by atoms with Gasteiger partial charge in [0.2, 0.25) is 0 Å². The van der Waals surface area contributed by atoms with Crippen molar-refractivity contribution in [3.8, 4) is 33.8 Å². The van der Waals surface area contributed by atoms with E-state index >= 15 is 0 Å². The maximum atomic E-state index is 7.21. The van der Waals surface area contributed by atoms with E-state index in [0.717, 1.165) is 39.7 Å². The average Bonchev–Trinajstić information content (AvgIpc) is 3.74. The molecule has 52 heavy (non-hydrogen) atoms. The minimum Gasteiger partial charge on any atom is -0.454 e. The third kappa shape index (κ3) is 4.06. The number of benzene rings is 8. The van der Waals surface area contributed by atoms with Crippen LogP contribution in [0.4, 0.5) is 17.1 Å². The molecule has 2 heterocycles. The fourth-order valence-electron chi connectivity index (χ4n) is 8.84. The highest BCUT2D eigenvalue weighted by Crippen LogP contribution is 2.64. The van der Waals surface area contributed by atoms with Crippen LogP contribution in [0.15, 0.2) is 188 Å². The molecule has 9 aromatic rings. The van der Waals surface area contributed by atoms with Crippen molar-refractivity contribution in [2.45, 2.75) is 5.41 Å². The molecule has 0 atom stereocenters. The second kappa shape index (κ2) is 11.3. The number of rotatable bonds is 4. The van der Waals surface area contributed by atoms with Crippen LogP contribution in [0.1, 0.15) is 22.3 Å². The Morgan fingerprint density at radius 1 is 0.442 bits per heavy atom. The fourth-order valence-corrected chi connectivity index (χ4v) is 9.97. The molecule has 0 fully saturated rings. The van der Waals surface area contributed by atoms with Gasteiger partial charge >= 0.3 is 0 Å². The first kappa shape index (κ1) is 29.3. The molecule has 1 spiro atoms. The number of hydrogen-bond donors (Lipinski definition) is 0. The summed E-state index contributed by atoms with van der Waals surface area (Å²) >= 11 is 1.85. The molecular weight excluding hydrogens is 651 g/mol. The molecule has 0 saturated heterocycles. The van der Waals surface area contributed by atoms with Crippen LogP contribution in [0.5, 0.6) is 11.5 Å². The van der Waals surface area contributed by atoms with E-state index in [4.69, 9.17) is 4.74 Å². The molecular formula is C49H31NOS. The monoisotopic (exact) mass is 681 g/mol. The Bertz CT molecular complexity index is 2810. The summed E-state index contributed by atoms with van der Waals surface area (Å²) in [4.78, 5) is 2.43. The summed E-state index contributed by atoms with van der Waals surface area (Å²) in [6, 6.07) is 68.2. The van der Waals surface area contributed by atoms with Crippen molar-refractivity contribution in [2.75, 3.05) is 4.90 Å². The second-order valence-corrected chi connectivity index (χ2v) is 14.7. The van der Waals surface area contributed by atoms with Crippen LogP contribution in [0.2, 0.25) is 0 Å². The first-order valence-electron chi connectivity index (χ1n) is 17.8. The fraction of sp³-hybridized carbons (Fsp3) is 0.0204. The molecule has 2 nitrogen and oxygen atoms in total. The predicted octanol–water partition coefficient (Wildman–Crippen LogP) is 13.7. The quantitative estimate of drug-likeness (QED) is 0.183. The normalized spacial score (nSPS) is 13.3. The van der Waals surface area contributed by atoms with E-state index in [1.807, 2.05) is 11.3 Å². The summed E-state index contributed by atoms with van der Waals surface area (Å²) in [6.07, 6.45) is 0. The summed E-state index contributed by atoms with van der Waals surface area (Å²) in [5.41, 5.74) is 12.4. The van der Waals surface area contributed by atoms with Crippen LogP contribution in [0.3, 0.4) is 0 Å². The number of thiophene rings is 1. The highest BCUT2D eigenvalue weighted by Gasteiger charge is 2.51. The Balaban J connectivity index is 1.25. The van der Waals surface area contributed by atoms with Crippen LogP contribution in [0.25, 0.3) is 42.4 Å². The molecule has 0 saturated carbocycles. The topological polar surface area (TPSA) is 12.5 Å². The minimum absolute atomic E-state index is 0.550. The number of anilines is 3. The van der Waals surface area contributed by atoms with Gasteiger partial charge in [0.05, 0.1) is 16.8 Å². The Kier molecular flexibility index (Phi) is 6.37. The van der Waals surface area contributed by atoms with E-state index in [2.05, 4.69) is 193 Å². The molecule has 11 rings (SSSR count). The number of nitrogens with zero attached hydrogens (tertiary/aromatic N) is 1. The summed E-state index contributed by atoms with van der Waals surface area (Å²) < 4.78 is 9.74. The van der Waals surface area contributed by atoms with Gasteiger partial charge in [0.1, 0.15) is 5.75 Å². The van der Waals surface area contributed by atoms with Gasteiger partial charge in [-0.25, -0.2) is 0 Å². The van der Waals surface area contributed by atoms with Gasteiger partial charge in [0, 0.05) is 37.0 Å². The van der Waals surface area contributed by atoms with Crippen molar-refractivity contribution >= 4 is 48.6 Å². The molecule has 1 aromatic heterocycles. The van der Waals surface area contributed by atoms with Crippen LogP contribution in [-0.4, -0.2) is 0 Å². The summed E-state index contributed by atoms with van der Waals surface area (Å²) in [7, 11) is 0. The van der Waals surface area contributed by atoms with E-state index < -0.39 is 5.41 Å². The first-order valence-corrected chi connectivity index (χ1v) is 18.6. The lowest BCUT2D eigenvalue weighted by Crippen LogP contribution is -2.32. The van der Waals surface area contributed by atoms with Crippen LogP contribution in [-0.2, 0) is 5.41 Å². The number of para-hydroxylation sites is 2. The van der Waals surface area contributed by atoms with Crippen LogP contribution < -0.4 is 9.64 Å². The number of fused-ring (bicyclic) bond motifs is 12. The molecule has 1 aliphatic carbocycles. The molecule has 0 bridgehead atoms. The van der Waals surface area contributed by atoms with Crippen LogP contribution >= 0.6 is 11.3 Å². The lowest BCUT2D eigenvalue weighted by atomic mass is 9.66. The van der Waals surface area contributed by atoms with Crippen molar-refractivity contribution in [2.24, 2.45) is 0 Å². The van der Waals surface area contributed by atoms with Gasteiger partial charge in [-0.05, 0) is 75.8 Å². The van der Waals surface area contributed by atoms with Gasteiger partial charge in [0.25, 0.3) is 0 Å². The van der Waals surface area contributed by atoms with Crippen molar-refractivity contribution < 1.29 is 4.74 Å². The predicted molar refractivity (Wildman–Crippen MR) is 217 cm³/mol. The average molecular weight is 682 g/mol. The molecule has 0 unspecified atom stereocenters. The number of ether oxygens (including phenoxy) is 1. The first-order chi connectivity index (χ1) is 25.8. The smallest absolute Gasteiger partial charge is 0.156 e. The van der Waals surface area contributed by atoms with Crippen molar-refractivity contribution in [1.29, 1.82) is 0 Å². The van der Waals surface area contributed by atoms with Crippen molar-refractivity contribution in [1.82, 2.24) is 0 Å². The van der Waals surface area contributed by atoms with Gasteiger partial charge in [-0.1, -0.05) is 146 Å². The van der Waals surface area contributed by atoms with E-state index in [0.29, 0.717) is 0 Å². The standard InChI is InChI=1S/C49H31NOS/c1-2-15-32(16-3-1)33-17-12-18-34(31-33)50(42-26-14-30-46-47(42)37-21-6-11-29-45(37)52-46)43-27-13-25-41-48(43)51-44-28-10-9-24-40(44)49(41)38-22-7-4-19-35(38)36-20-5-8-23-39(36)49/h1-31H. The lowest BCUT2D eigenvalue weighted by Gasteiger charge is -2.41. The summed E-state index contributed by atoms with van der Waals surface area (Å²) in [5.74, 6) is 1.75. The van der Waals surface area contributed by atoms with Gasteiger partial charge in [-0.2, -0.15) is 0 Å².